The molecule has 0 saturated carbocycles. The highest BCUT2D eigenvalue weighted by Gasteiger charge is 2.32. The van der Waals surface area contributed by atoms with Crippen molar-refractivity contribution in [2.75, 3.05) is 0 Å². The molecule has 0 aliphatic carbocycles. The lowest BCUT2D eigenvalue weighted by Crippen LogP contribution is -2.22. The fourth-order valence-corrected chi connectivity index (χ4v) is 1.78. The highest BCUT2D eigenvalue weighted by molar-refractivity contribution is 5.82. The van der Waals surface area contributed by atoms with Gasteiger partial charge in [0.05, 0.1) is 5.56 Å². The van der Waals surface area contributed by atoms with Crippen LogP contribution in [0, 0.1) is 0 Å². The van der Waals surface area contributed by atoms with E-state index in [1.807, 2.05) is 0 Å². The number of hydrogen-bond donors (Lipinski definition) is 0. The largest absolute Gasteiger partial charge is 0.458 e. The van der Waals surface area contributed by atoms with Crippen LogP contribution in [0.3, 0.4) is 0 Å². The topological polar surface area (TPSA) is 52.6 Å². The molecule has 1 aliphatic rings. The smallest absolute Gasteiger partial charge is 0.416 e. The molecule has 4 nitrogen and oxygen atoms in total. The first-order valence-corrected chi connectivity index (χ1v) is 5.88. The van der Waals surface area contributed by atoms with Crippen molar-refractivity contribution in [3.63, 3.8) is 0 Å². The zero-order valence-corrected chi connectivity index (χ0v) is 10.3. The Labute approximate surface area is 112 Å². The minimum Gasteiger partial charge on any atom is -0.458 e. The zero-order valence-electron chi connectivity index (χ0n) is 10.3. The third-order valence-electron chi connectivity index (χ3n) is 2.78. The van der Waals surface area contributed by atoms with Gasteiger partial charge in [0.2, 0.25) is 0 Å². The molecule has 1 saturated heterocycles. The Bertz CT molecular complexity index is 525. The Balaban J connectivity index is 1.94. The van der Waals surface area contributed by atoms with Crippen LogP contribution in [-0.2, 0) is 31.8 Å². The molecule has 0 amide bonds. The Kier molecular flexibility index (Phi) is 3.96. The number of carbonyl (C=O) groups is 2. The first kappa shape index (κ1) is 14.4. The molecule has 1 fully saturated rings. The summed E-state index contributed by atoms with van der Waals surface area (Å²) in [4.78, 5) is 22.4. The van der Waals surface area contributed by atoms with Gasteiger partial charge < -0.3 is 9.47 Å². The minimum absolute atomic E-state index is 0.142. The summed E-state index contributed by atoms with van der Waals surface area (Å²) in [6.45, 7) is -0.295. The minimum atomic E-state index is -4.44. The molecule has 1 aromatic carbocycles. The molecule has 1 unspecified atom stereocenters. The van der Waals surface area contributed by atoms with Crippen molar-refractivity contribution in [3.05, 3.63) is 35.4 Å². The molecular weight excluding hydrogens is 277 g/mol. The standard InChI is InChI=1S/C13H11F3O4/c14-13(15,16)9-3-1-2-8(6-9)7-19-12(18)10-4-5-11(17)20-10/h1-3,6,10H,4-5,7H2. The fourth-order valence-electron chi connectivity index (χ4n) is 1.78. The number of carbonyl (C=O) groups excluding carboxylic acids is 2. The van der Waals surface area contributed by atoms with Crippen LogP contribution < -0.4 is 0 Å². The van der Waals surface area contributed by atoms with E-state index in [1.54, 1.807) is 0 Å². The number of ether oxygens (including phenoxy) is 2. The highest BCUT2D eigenvalue weighted by Crippen LogP contribution is 2.29. The van der Waals surface area contributed by atoms with Crippen LogP contribution in [-0.4, -0.2) is 18.0 Å². The summed E-state index contributed by atoms with van der Waals surface area (Å²) in [7, 11) is 0. The molecule has 0 N–H and O–H groups in total. The van der Waals surface area contributed by atoms with E-state index in [0.717, 1.165) is 12.1 Å². The first-order valence-electron chi connectivity index (χ1n) is 5.88. The summed E-state index contributed by atoms with van der Waals surface area (Å²) < 4.78 is 47.0. The van der Waals surface area contributed by atoms with Gasteiger partial charge in [0.25, 0.3) is 0 Å². The Morgan fingerprint density at radius 1 is 1.40 bits per heavy atom. The Hall–Kier alpha value is -2.05. The van der Waals surface area contributed by atoms with Crippen LogP contribution >= 0.6 is 0 Å². The molecule has 0 aromatic heterocycles. The predicted octanol–water partition coefficient (Wildman–Crippen LogP) is 2.45. The van der Waals surface area contributed by atoms with Crippen LogP contribution in [0.25, 0.3) is 0 Å². The fraction of sp³-hybridized carbons (Fsp3) is 0.385. The van der Waals surface area contributed by atoms with Gasteiger partial charge in [-0.3, -0.25) is 4.79 Å². The van der Waals surface area contributed by atoms with Gasteiger partial charge in [-0.25, -0.2) is 4.79 Å². The Morgan fingerprint density at radius 2 is 2.15 bits per heavy atom. The van der Waals surface area contributed by atoms with Crippen molar-refractivity contribution in [1.82, 2.24) is 0 Å². The average Bonchev–Trinajstić information content (AvgIpc) is 2.82. The number of hydrogen-bond acceptors (Lipinski definition) is 4. The first-order chi connectivity index (χ1) is 9.36. The van der Waals surface area contributed by atoms with Crippen LogP contribution in [0.1, 0.15) is 24.0 Å². The molecule has 1 aliphatic heterocycles. The van der Waals surface area contributed by atoms with E-state index in [0.29, 0.717) is 0 Å². The summed E-state index contributed by atoms with van der Waals surface area (Å²) in [5.41, 5.74) is -0.587. The predicted molar refractivity (Wildman–Crippen MR) is 60.4 cm³/mol. The van der Waals surface area contributed by atoms with Crippen LogP contribution in [0.2, 0.25) is 0 Å². The van der Waals surface area contributed by atoms with E-state index in [9.17, 15) is 22.8 Å². The number of cyclic esters (lactones) is 1. The number of benzene rings is 1. The van der Waals surface area contributed by atoms with E-state index >= 15 is 0 Å². The SMILES string of the molecule is O=C1CCC(C(=O)OCc2cccc(C(F)(F)F)c2)O1. The summed E-state index contributed by atoms with van der Waals surface area (Å²) in [5, 5.41) is 0. The number of halogens is 3. The lowest BCUT2D eigenvalue weighted by Gasteiger charge is -2.11. The van der Waals surface area contributed by atoms with Crippen LogP contribution in [0.15, 0.2) is 24.3 Å². The number of alkyl halides is 3. The van der Waals surface area contributed by atoms with E-state index in [-0.39, 0.29) is 25.0 Å². The molecule has 0 spiro atoms. The van der Waals surface area contributed by atoms with Crippen LogP contribution in [0.5, 0.6) is 0 Å². The molecule has 7 heteroatoms. The van der Waals surface area contributed by atoms with Gasteiger partial charge in [0.15, 0.2) is 6.10 Å². The lowest BCUT2D eigenvalue weighted by atomic mass is 10.1. The van der Waals surface area contributed by atoms with Crippen molar-refractivity contribution < 1.29 is 32.2 Å². The summed E-state index contributed by atoms with van der Waals surface area (Å²) in [5.74, 6) is -1.22. The maximum atomic E-state index is 12.5. The summed E-state index contributed by atoms with van der Waals surface area (Å²) >= 11 is 0. The maximum Gasteiger partial charge on any atom is 0.416 e. The van der Waals surface area contributed by atoms with E-state index < -0.39 is 29.8 Å². The van der Waals surface area contributed by atoms with Crippen molar-refractivity contribution in [1.29, 1.82) is 0 Å². The molecule has 1 aromatic rings. The quantitative estimate of drug-likeness (QED) is 0.802. The molecule has 108 valence electrons. The molecule has 20 heavy (non-hydrogen) atoms. The van der Waals surface area contributed by atoms with Gasteiger partial charge in [-0.2, -0.15) is 13.2 Å². The summed E-state index contributed by atoms with van der Waals surface area (Å²) in [6.07, 6.45) is -5.02. The van der Waals surface area contributed by atoms with E-state index in [1.165, 1.54) is 12.1 Å². The number of esters is 2. The van der Waals surface area contributed by atoms with Gasteiger partial charge in [-0.15, -0.1) is 0 Å². The molecule has 1 atom stereocenters. The average molecular weight is 288 g/mol. The summed E-state index contributed by atoms with van der Waals surface area (Å²) in [6, 6.07) is 4.50. The maximum absolute atomic E-state index is 12.5. The molecule has 2 rings (SSSR count). The third kappa shape index (κ3) is 3.49. The second-order valence-corrected chi connectivity index (χ2v) is 4.32. The van der Waals surface area contributed by atoms with E-state index in [4.69, 9.17) is 9.47 Å². The normalized spacial score (nSPS) is 18.8. The van der Waals surface area contributed by atoms with Gasteiger partial charge in [0.1, 0.15) is 6.61 Å². The van der Waals surface area contributed by atoms with Crippen LogP contribution in [0.4, 0.5) is 13.2 Å². The molecule has 0 radical (unpaired) electrons. The lowest BCUT2D eigenvalue weighted by molar-refractivity contribution is -0.162. The molecule has 1 heterocycles. The highest BCUT2D eigenvalue weighted by atomic mass is 19.4. The van der Waals surface area contributed by atoms with Gasteiger partial charge in [-0.05, 0) is 17.7 Å². The zero-order chi connectivity index (χ0) is 14.8. The van der Waals surface area contributed by atoms with Gasteiger partial charge in [0, 0.05) is 12.8 Å². The molecular formula is C13H11F3O4. The van der Waals surface area contributed by atoms with Gasteiger partial charge in [-0.1, -0.05) is 12.1 Å². The number of rotatable bonds is 3. The van der Waals surface area contributed by atoms with Gasteiger partial charge >= 0.3 is 18.1 Å². The second kappa shape index (κ2) is 5.52. The van der Waals surface area contributed by atoms with Crippen molar-refractivity contribution >= 4 is 11.9 Å². The van der Waals surface area contributed by atoms with E-state index in [2.05, 4.69) is 0 Å². The third-order valence-corrected chi connectivity index (χ3v) is 2.78. The van der Waals surface area contributed by atoms with Crippen molar-refractivity contribution in [2.45, 2.75) is 31.7 Å². The monoisotopic (exact) mass is 288 g/mol. The Morgan fingerprint density at radius 3 is 2.75 bits per heavy atom. The van der Waals surface area contributed by atoms with Crippen molar-refractivity contribution in [2.24, 2.45) is 0 Å². The van der Waals surface area contributed by atoms with Crippen molar-refractivity contribution in [3.8, 4) is 0 Å². The second-order valence-electron chi connectivity index (χ2n) is 4.32. The molecule has 0 bridgehead atoms.